The van der Waals surface area contributed by atoms with Crippen LogP contribution in [0.4, 0.5) is 23.2 Å². The summed E-state index contributed by atoms with van der Waals surface area (Å²) in [5.74, 6) is -0.276. The van der Waals surface area contributed by atoms with E-state index in [1.165, 1.54) is 25.3 Å². The third-order valence-corrected chi connectivity index (χ3v) is 6.27. The van der Waals surface area contributed by atoms with Gasteiger partial charge in [-0.3, -0.25) is 4.98 Å². The monoisotopic (exact) mass is 464 g/mol. The summed E-state index contributed by atoms with van der Waals surface area (Å²) < 4.78 is 61.5. The summed E-state index contributed by atoms with van der Waals surface area (Å²) >= 11 is 0. The molecule has 176 valence electrons. The number of ether oxygens (including phenoxy) is 1. The summed E-state index contributed by atoms with van der Waals surface area (Å²) in [7, 11) is 1.38. The average molecular weight is 464 g/mol. The van der Waals surface area contributed by atoms with Crippen LogP contribution in [-0.4, -0.2) is 40.6 Å². The van der Waals surface area contributed by atoms with Crippen LogP contribution in [0.3, 0.4) is 0 Å². The Hall–Kier alpha value is -2.91. The number of pyridine rings is 1. The summed E-state index contributed by atoms with van der Waals surface area (Å²) in [4.78, 5) is 4.26. The smallest absolute Gasteiger partial charge is 0.418 e. The van der Waals surface area contributed by atoms with Crippen molar-refractivity contribution < 1.29 is 32.5 Å². The van der Waals surface area contributed by atoms with Gasteiger partial charge in [0.2, 0.25) is 0 Å². The molecular weight excluding hydrogens is 440 g/mol. The number of halogens is 4. The van der Waals surface area contributed by atoms with Gasteiger partial charge in [-0.15, -0.1) is 0 Å². The number of methoxy groups -OCH3 is 1. The van der Waals surface area contributed by atoms with Gasteiger partial charge >= 0.3 is 6.18 Å². The molecule has 1 unspecified atom stereocenters. The molecule has 0 bridgehead atoms. The Kier molecular flexibility index (Phi) is 5.96. The lowest BCUT2D eigenvalue weighted by Crippen LogP contribution is -2.52. The normalized spacial score (nSPS) is 16.9. The lowest BCUT2D eigenvalue weighted by molar-refractivity contribution is -0.259. The SMILES string of the molecule is COc1ccc(F)cc1C1(CC(O)(CNc2cccc3nc(CO)ccc23)C(F)(F)F)CC1. The molecule has 1 atom stereocenters. The molecule has 0 spiro atoms. The molecule has 9 heteroatoms. The van der Waals surface area contributed by atoms with E-state index in [1.807, 2.05) is 0 Å². The summed E-state index contributed by atoms with van der Waals surface area (Å²) in [5, 5.41) is 23.4. The van der Waals surface area contributed by atoms with Gasteiger partial charge in [0.1, 0.15) is 11.6 Å². The minimum Gasteiger partial charge on any atom is -0.496 e. The molecule has 0 amide bonds. The van der Waals surface area contributed by atoms with Crippen molar-refractivity contribution in [1.29, 1.82) is 0 Å². The van der Waals surface area contributed by atoms with Gasteiger partial charge < -0.3 is 20.3 Å². The van der Waals surface area contributed by atoms with Gasteiger partial charge in [-0.25, -0.2) is 4.39 Å². The second kappa shape index (κ2) is 8.46. The van der Waals surface area contributed by atoms with E-state index in [1.54, 1.807) is 30.3 Å². The molecule has 4 rings (SSSR count). The van der Waals surface area contributed by atoms with Gasteiger partial charge in [0.05, 0.1) is 31.5 Å². The Morgan fingerprint density at radius 2 is 1.88 bits per heavy atom. The highest BCUT2D eigenvalue weighted by Crippen LogP contribution is 2.57. The maximum Gasteiger partial charge on any atom is 0.418 e. The number of anilines is 1. The van der Waals surface area contributed by atoms with Crippen LogP contribution in [-0.2, 0) is 12.0 Å². The van der Waals surface area contributed by atoms with Gasteiger partial charge in [-0.1, -0.05) is 6.07 Å². The molecule has 1 aliphatic rings. The molecule has 0 saturated heterocycles. The molecule has 1 saturated carbocycles. The van der Waals surface area contributed by atoms with Crippen LogP contribution in [0.25, 0.3) is 10.9 Å². The van der Waals surface area contributed by atoms with Gasteiger partial charge in [0, 0.05) is 22.1 Å². The fourth-order valence-corrected chi connectivity index (χ4v) is 4.29. The number of hydrogen-bond acceptors (Lipinski definition) is 5. The van der Waals surface area contributed by atoms with Crippen LogP contribution in [0, 0.1) is 5.82 Å². The van der Waals surface area contributed by atoms with Gasteiger partial charge in [-0.05, 0) is 61.7 Å². The van der Waals surface area contributed by atoms with Crippen molar-refractivity contribution in [2.45, 2.75) is 43.1 Å². The minimum absolute atomic E-state index is 0.257. The number of aromatic nitrogens is 1. The number of benzene rings is 2. The fraction of sp³-hybridized carbons (Fsp3) is 0.375. The minimum atomic E-state index is -4.93. The molecule has 0 aliphatic heterocycles. The number of aliphatic hydroxyl groups excluding tert-OH is 1. The van der Waals surface area contributed by atoms with Crippen molar-refractivity contribution >= 4 is 16.6 Å². The molecule has 3 aromatic rings. The lowest BCUT2D eigenvalue weighted by Gasteiger charge is -2.35. The number of nitrogens with zero attached hydrogens (tertiary/aromatic N) is 1. The standard InChI is InChI=1S/C24H24F4N2O3/c1-33-21-8-5-15(25)11-18(21)22(9-10-22)13-23(32,24(26,27)28)14-29-19-3-2-4-20-17(19)7-6-16(12-31)30-20/h2-8,11,29,31-32H,9-10,12-14H2,1H3. The molecule has 1 fully saturated rings. The van der Waals surface area contributed by atoms with Crippen molar-refractivity contribution in [2.24, 2.45) is 0 Å². The number of nitrogens with one attached hydrogen (secondary N) is 1. The first-order valence-electron chi connectivity index (χ1n) is 10.5. The Morgan fingerprint density at radius 3 is 2.52 bits per heavy atom. The predicted octanol–water partition coefficient (Wildman–Crippen LogP) is 4.70. The largest absolute Gasteiger partial charge is 0.496 e. The van der Waals surface area contributed by atoms with E-state index in [2.05, 4.69) is 10.3 Å². The summed E-state index contributed by atoms with van der Waals surface area (Å²) in [6.45, 7) is -1.05. The number of hydrogen-bond donors (Lipinski definition) is 3. The zero-order chi connectivity index (χ0) is 23.9. The van der Waals surface area contributed by atoms with Crippen LogP contribution >= 0.6 is 0 Å². The highest BCUT2D eigenvalue weighted by Gasteiger charge is 2.61. The van der Waals surface area contributed by atoms with Gasteiger partial charge in [0.25, 0.3) is 0 Å². The van der Waals surface area contributed by atoms with Crippen molar-refractivity contribution in [3.05, 3.63) is 65.6 Å². The topological polar surface area (TPSA) is 74.6 Å². The van der Waals surface area contributed by atoms with E-state index in [9.17, 15) is 27.8 Å². The molecule has 5 nitrogen and oxygen atoms in total. The molecule has 1 aromatic heterocycles. The fourth-order valence-electron chi connectivity index (χ4n) is 4.29. The second-order valence-electron chi connectivity index (χ2n) is 8.52. The van der Waals surface area contributed by atoms with Crippen LogP contribution in [0.15, 0.2) is 48.5 Å². The van der Waals surface area contributed by atoms with Crippen LogP contribution in [0.2, 0.25) is 0 Å². The Balaban J connectivity index is 1.63. The number of fused-ring (bicyclic) bond motifs is 1. The van der Waals surface area contributed by atoms with E-state index in [-0.39, 0.29) is 6.61 Å². The van der Waals surface area contributed by atoms with Crippen LogP contribution in [0.1, 0.15) is 30.5 Å². The van der Waals surface area contributed by atoms with Crippen molar-refractivity contribution in [1.82, 2.24) is 4.98 Å². The quantitative estimate of drug-likeness (QED) is 0.422. The second-order valence-corrected chi connectivity index (χ2v) is 8.52. The van der Waals surface area contributed by atoms with Gasteiger partial charge in [0.15, 0.2) is 5.60 Å². The Morgan fingerprint density at radius 1 is 1.12 bits per heavy atom. The third-order valence-electron chi connectivity index (χ3n) is 6.27. The molecule has 1 heterocycles. The zero-order valence-electron chi connectivity index (χ0n) is 17.9. The molecular formula is C24H24F4N2O3. The first-order chi connectivity index (χ1) is 15.6. The Bertz CT molecular complexity index is 1160. The predicted molar refractivity (Wildman–Crippen MR) is 116 cm³/mol. The molecule has 3 N–H and O–H groups in total. The lowest BCUT2D eigenvalue weighted by atomic mass is 9.82. The average Bonchev–Trinajstić information content (AvgIpc) is 3.56. The maximum absolute atomic E-state index is 14.1. The van der Waals surface area contributed by atoms with Crippen molar-refractivity contribution in [3.8, 4) is 5.75 Å². The number of rotatable bonds is 8. The highest BCUT2D eigenvalue weighted by molar-refractivity contribution is 5.91. The number of alkyl halides is 3. The molecule has 1 aliphatic carbocycles. The van der Waals surface area contributed by atoms with E-state index in [0.717, 1.165) is 0 Å². The molecule has 33 heavy (non-hydrogen) atoms. The third kappa shape index (κ3) is 4.47. The first-order valence-corrected chi connectivity index (χ1v) is 10.5. The Labute approximate surface area is 188 Å². The molecule has 2 aromatic carbocycles. The van der Waals surface area contributed by atoms with Crippen molar-refractivity contribution in [3.63, 3.8) is 0 Å². The molecule has 0 radical (unpaired) electrons. The van der Waals surface area contributed by atoms with Crippen molar-refractivity contribution in [2.75, 3.05) is 19.0 Å². The van der Waals surface area contributed by atoms with Gasteiger partial charge in [-0.2, -0.15) is 13.2 Å². The first kappa shape index (κ1) is 23.3. The van der Waals surface area contributed by atoms with E-state index in [4.69, 9.17) is 4.74 Å². The van der Waals surface area contributed by atoms with E-state index >= 15 is 0 Å². The van der Waals surface area contributed by atoms with E-state index in [0.29, 0.717) is 46.4 Å². The maximum atomic E-state index is 14.1. The summed E-state index contributed by atoms with van der Waals surface area (Å²) in [5.41, 5.74) is -2.45. The summed E-state index contributed by atoms with van der Waals surface area (Å²) in [6, 6.07) is 11.9. The van der Waals surface area contributed by atoms with E-state index < -0.39 is 36.0 Å². The number of aliphatic hydroxyl groups is 2. The summed E-state index contributed by atoms with van der Waals surface area (Å²) in [6.07, 6.45) is -4.79. The van der Waals surface area contributed by atoms with Crippen LogP contribution < -0.4 is 10.1 Å². The van der Waals surface area contributed by atoms with Crippen LogP contribution in [0.5, 0.6) is 5.75 Å². The highest BCUT2D eigenvalue weighted by atomic mass is 19.4. The zero-order valence-corrected chi connectivity index (χ0v) is 17.9.